The Kier molecular flexibility index (Phi) is 4.99. The Labute approximate surface area is 132 Å². The molecule has 23 heavy (non-hydrogen) atoms. The Morgan fingerprint density at radius 3 is 2.61 bits per heavy atom. The lowest BCUT2D eigenvalue weighted by atomic mass is 10.3. The van der Waals surface area contributed by atoms with E-state index < -0.39 is 11.2 Å². The average Bonchev–Trinajstić information content (AvgIpc) is 2.94. The number of nitrogens with zero attached hydrogens (tertiary/aromatic N) is 5. The molecule has 1 amide bonds. The molecule has 0 radical (unpaired) electrons. The Balaban J connectivity index is 2.06. The lowest BCUT2D eigenvalue weighted by Crippen LogP contribution is -2.37. The van der Waals surface area contributed by atoms with Gasteiger partial charge in [-0.05, 0) is 6.42 Å². The number of imidazole rings is 1. The van der Waals surface area contributed by atoms with Crippen molar-refractivity contribution in [1.82, 2.24) is 23.6 Å². The molecule has 0 aliphatic carbocycles. The summed E-state index contributed by atoms with van der Waals surface area (Å²) in [5.41, 5.74) is -0.189. The fraction of sp³-hybridized carbons (Fsp3) is 0.571. The van der Waals surface area contributed by atoms with E-state index in [1.807, 2.05) is 0 Å². The lowest BCUT2D eigenvalue weighted by molar-refractivity contribution is -0.129. The highest BCUT2D eigenvalue weighted by molar-refractivity contribution is 5.75. The molecule has 0 aromatic carbocycles. The molecule has 0 bridgehead atoms. The fourth-order valence-electron chi connectivity index (χ4n) is 2.21. The smallest absolute Gasteiger partial charge is 0.332 e. The van der Waals surface area contributed by atoms with Crippen LogP contribution in [-0.4, -0.2) is 50.2 Å². The lowest BCUT2D eigenvalue weighted by Gasteiger charge is -2.10. The van der Waals surface area contributed by atoms with E-state index in [1.54, 1.807) is 25.7 Å². The first-order chi connectivity index (χ1) is 10.8. The first kappa shape index (κ1) is 16.9. The number of fused-ring (bicyclic) bond motifs is 1. The van der Waals surface area contributed by atoms with Crippen LogP contribution in [0.2, 0.25) is 0 Å². The van der Waals surface area contributed by atoms with Crippen molar-refractivity contribution in [3.8, 4) is 0 Å². The van der Waals surface area contributed by atoms with Gasteiger partial charge in [0.15, 0.2) is 11.2 Å². The minimum Gasteiger partial charge on any atom is -0.361 e. The molecule has 0 fully saturated rings. The Hall–Kier alpha value is -2.42. The molecule has 0 saturated carbocycles. The van der Waals surface area contributed by atoms with Crippen LogP contribution >= 0.6 is 0 Å². The molecule has 0 aliphatic heterocycles. The number of ether oxygens (including phenoxy) is 1. The van der Waals surface area contributed by atoms with Crippen LogP contribution in [0, 0.1) is 0 Å². The van der Waals surface area contributed by atoms with Crippen molar-refractivity contribution in [1.29, 1.82) is 0 Å². The second kappa shape index (κ2) is 6.78. The van der Waals surface area contributed by atoms with Gasteiger partial charge < -0.3 is 14.2 Å². The average molecular weight is 323 g/mol. The maximum Gasteiger partial charge on any atom is 0.332 e. The molecule has 9 nitrogen and oxygen atoms in total. The van der Waals surface area contributed by atoms with Crippen molar-refractivity contribution in [3.05, 3.63) is 27.2 Å². The van der Waals surface area contributed by atoms with Crippen LogP contribution in [0.1, 0.15) is 12.8 Å². The van der Waals surface area contributed by atoms with Gasteiger partial charge in [0.05, 0.1) is 6.33 Å². The molecule has 2 aromatic rings. The van der Waals surface area contributed by atoms with Crippen LogP contribution in [0.5, 0.6) is 0 Å². The van der Waals surface area contributed by atoms with E-state index in [0.717, 1.165) is 4.57 Å². The number of hydrogen-bond donors (Lipinski definition) is 0. The molecule has 9 heteroatoms. The molecule has 2 heterocycles. The molecule has 0 atom stereocenters. The predicted octanol–water partition coefficient (Wildman–Crippen LogP) is -0.724. The van der Waals surface area contributed by atoms with E-state index in [9.17, 15) is 14.4 Å². The van der Waals surface area contributed by atoms with Gasteiger partial charge in [-0.2, -0.15) is 0 Å². The standard InChI is InChI=1S/C14H21N5O4/c1-16(2)10(20)6-5-7-23-9-19-8-15-12-11(19)13(21)18(4)14(22)17(12)3/h8H,5-7,9H2,1-4H3. The maximum absolute atomic E-state index is 12.2. The third-order valence-electron chi connectivity index (χ3n) is 3.63. The van der Waals surface area contributed by atoms with Gasteiger partial charge in [-0.3, -0.25) is 18.7 Å². The van der Waals surface area contributed by atoms with Gasteiger partial charge in [-0.1, -0.05) is 0 Å². The normalized spacial score (nSPS) is 11.1. The number of aryl methyl sites for hydroxylation is 1. The largest absolute Gasteiger partial charge is 0.361 e. The number of carbonyl (C=O) groups excluding carboxylic acids is 1. The molecule has 126 valence electrons. The maximum atomic E-state index is 12.2. The van der Waals surface area contributed by atoms with Crippen LogP contribution in [0.15, 0.2) is 15.9 Å². The zero-order valence-electron chi connectivity index (χ0n) is 13.8. The van der Waals surface area contributed by atoms with E-state index in [2.05, 4.69) is 4.98 Å². The summed E-state index contributed by atoms with van der Waals surface area (Å²) in [6.45, 7) is 0.533. The number of aromatic nitrogens is 4. The van der Waals surface area contributed by atoms with E-state index in [-0.39, 0.29) is 12.6 Å². The van der Waals surface area contributed by atoms with Crippen LogP contribution in [0.3, 0.4) is 0 Å². The van der Waals surface area contributed by atoms with Gasteiger partial charge >= 0.3 is 5.69 Å². The molecule has 2 aromatic heterocycles. The van der Waals surface area contributed by atoms with Gasteiger partial charge in [-0.25, -0.2) is 9.78 Å². The molecular weight excluding hydrogens is 302 g/mol. The van der Waals surface area contributed by atoms with Crippen molar-refractivity contribution < 1.29 is 9.53 Å². The summed E-state index contributed by atoms with van der Waals surface area (Å²) in [4.78, 5) is 41.1. The summed E-state index contributed by atoms with van der Waals surface area (Å²) in [7, 11) is 6.41. The number of hydrogen-bond acceptors (Lipinski definition) is 5. The quantitative estimate of drug-likeness (QED) is 0.654. The second-order valence-electron chi connectivity index (χ2n) is 5.52. The van der Waals surface area contributed by atoms with E-state index in [1.165, 1.54) is 22.8 Å². The summed E-state index contributed by atoms with van der Waals surface area (Å²) in [6, 6.07) is 0. The Bertz CT molecular complexity index is 830. The van der Waals surface area contributed by atoms with Crippen LogP contribution in [0.4, 0.5) is 0 Å². The van der Waals surface area contributed by atoms with Crippen molar-refractivity contribution in [2.75, 3.05) is 20.7 Å². The summed E-state index contributed by atoms with van der Waals surface area (Å²) in [5.74, 6) is 0.0468. The van der Waals surface area contributed by atoms with Crippen molar-refractivity contribution >= 4 is 17.1 Å². The van der Waals surface area contributed by atoms with E-state index >= 15 is 0 Å². The van der Waals surface area contributed by atoms with Crippen LogP contribution < -0.4 is 11.2 Å². The minimum atomic E-state index is -0.420. The highest BCUT2D eigenvalue weighted by atomic mass is 16.5. The van der Waals surface area contributed by atoms with Crippen molar-refractivity contribution in [2.45, 2.75) is 19.6 Å². The fourth-order valence-corrected chi connectivity index (χ4v) is 2.21. The monoisotopic (exact) mass is 323 g/mol. The Morgan fingerprint density at radius 2 is 1.96 bits per heavy atom. The summed E-state index contributed by atoms with van der Waals surface area (Å²) < 4.78 is 9.42. The number of carbonyl (C=O) groups is 1. The van der Waals surface area contributed by atoms with Gasteiger partial charge in [0, 0.05) is 41.2 Å². The minimum absolute atomic E-state index is 0.0468. The van der Waals surface area contributed by atoms with Crippen LogP contribution in [-0.2, 0) is 30.4 Å². The number of amides is 1. The SMILES string of the molecule is CN(C)C(=O)CCCOCn1cnc2c1c(=O)n(C)c(=O)n2C. The topological polar surface area (TPSA) is 91.4 Å². The molecule has 0 saturated heterocycles. The molecule has 0 aliphatic rings. The summed E-state index contributed by atoms with van der Waals surface area (Å²) in [6.07, 6.45) is 2.48. The van der Waals surface area contributed by atoms with Gasteiger partial charge in [-0.15, -0.1) is 0 Å². The first-order valence-electron chi connectivity index (χ1n) is 7.23. The first-order valence-corrected chi connectivity index (χ1v) is 7.23. The predicted molar refractivity (Wildman–Crippen MR) is 84.1 cm³/mol. The van der Waals surface area contributed by atoms with Gasteiger partial charge in [0.25, 0.3) is 5.56 Å². The molecule has 0 unspecified atom stereocenters. The molecule has 2 rings (SSSR count). The van der Waals surface area contributed by atoms with Crippen molar-refractivity contribution in [2.24, 2.45) is 14.1 Å². The Morgan fingerprint density at radius 1 is 1.26 bits per heavy atom. The van der Waals surface area contributed by atoms with E-state index in [0.29, 0.717) is 30.6 Å². The molecule has 0 N–H and O–H groups in total. The zero-order chi connectivity index (χ0) is 17.1. The van der Waals surface area contributed by atoms with Gasteiger partial charge in [0.2, 0.25) is 5.91 Å². The highest BCUT2D eigenvalue weighted by Crippen LogP contribution is 2.06. The third-order valence-corrected chi connectivity index (χ3v) is 3.63. The molecular formula is C14H21N5O4. The third kappa shape index (κ3) is 3.34. The number of rotatable bonds is 6. The van der Waals surface area contributed by atoms with Crippen LogP contribution in [0.25, 0.3) is 11.2 Å². The molecule has 0 spiro atoms. The highest BCUT2D eigenvalue weighted by Gasteiger charge is 2.14. The van der Waals surface area contributed by atoms with Crippen molar-refractivity contribution in [3.63, 3.8) is 0 Å². The van der Waals surface area contributed by atoms with Gasteiger partial charge in [0.1, 0.15) is 6.73 Å². The summed E-state index contributed by atoms with van der Waals surface area (Å²) in [5, 5.41) is 0. The zero-order valence-corrected chi connectivity index (χ0v) is 13.8. The summed E-state index contributed by atoms with van der Waals surface area (Å²) >= 11 is 0. The second-order valence-corrected chi connectivity index (χ2v) is 5.52. The van der Waals surface area contributed by atoms with E-state index in [4.69, 9.17) is 4.74 Å².